The molecule has 42 heavy (non-hydrogen) atoms. The van der Waals surface area contributed by atoms with Gasteiger partial charge in [-0.3, -0.25) is 14.8 Å². The molecular formula is C30H34ClFN8O2. The summed E-state index contributed by atoms with van der Waals surface area (Å²) in [6.07, 6.45) is 3.00. The van der Waals surface area contributed by atoms with Gasteiger partial charge < -0.3 is 19.4 Å². The van der Waals surface area contributed by atoms with Crippen LogP contribution in [-0.4, -0.2) is 113 Å². The maximum atomic E-state index is 16.7. The molecule has 2 aliphatic heterocycles. The number of amides is 1. The normalized spacial score (nSPS) is 16.9. The largest absolute Gasteiger partial charge is 0.462 e. The number of ether oxygens (including phenoxy) is 1. The van der Waals surface area contributed by atoms with Crippen LogP contribution in [0.4, 0.5) is 10.2 Å². The zero-order chi connectivity index (χ0) is 29.4. The number of likely N-dealkylation sites (N-methyl/N-ethyl adjacent to an activating group) is 1. The molecule has 1 amide bonds. The number of nitrogens with one attached hydrogen (secondary N) is 1. The number of halogens is 2. The first-order valence-electron chi connectivity index (χ1n) is 14.2. The Labute approximate surface area is 248 Å². The summed E-state index contributed by atoms with van der Waals surface area (Å²) < 4.78 is 22.7. The Kier molecular flexibility index (Phi) is 7.98. The molecule has 2 aliphatic rings. The van der Waals surface area contributed by atoms with Crippen LogP contribution in [0.1, 0.15) is 5.56 Å². The highest BCUT2D eigenvalue weighted by molar-refractivity contribution is 6.35. The van der Waals surface area contributed by atoms with Gasteiger partial charge in [-0.2, -0.15) is 15.1 Å². The molecule has 0 unspecified atom stereocenters. The monoisotopic (exact) mass is 592 g/mol. The topological polar surface area (TPSA) is 93.7 Å². The molecule has 2 fully saturated rings. The van der Waals surface area contributed by atoms with Crippen molar-refractivity contribution in [1.82, 2.24) is 34.9 Å². The lowest BCUT2D eigenvalue weighted by molar-refractivity contribution is -0.126. The van der Waals surface area contributed by atoms with Crippen molar-refractivity contribution in [2.45, 2.75) is 6.92 Å². The number of carbonyl (C=O) groups is 1. The molecule has 6 rings (SSSR count). The van der Waals surface area contributed by atoms with E-state index in [9.17, 15) is 4.79 Å². The Morgan fingerprint density at radius 2 is 1.86 bits per heavy atom. The number of H-pyrrole nitrogens is 1. The fourth-order valence-electron chi connectivity index (χ4n) is 5.76. The zero-order valence-electron chi connectivity index (χ0n) is 23.9. The summed E-state index contributed by atoms with van der Waals surface area (Å²) in [5.74, 6) is -0.120. The summed E-state index contributed by atoms with van der Waals surface area (Å²) in [4.78, 5) is 29.9. The Bertz CT molecular complexity index is 1640. The number of aromatic amines is 1. The number of piperazine rings is 2. The lowest BCUT2D eigenvalue weighted by Gasteiger charge is -2.35. The van der Waals surface area contributed by atoms with Crippen molar-refractivity contribution in [3.8, 4) is 17.1 Å². The van der Waals surface area contributed by atoms with Crippen LogP contribution in [0, 0.1) is 12.7 Å². The molecule has 0 atom stereocenters. The molecule has 12 heteroatoms. The third-order valence-electron chi connectivity index (χ3n) is 8.22. The van der Waals surface area contributed by atoms with Crippen molar-refractivity contribution < 1.29 is 13.9 Å². The summed E-state index contributed by atoms with van der Waals surface area (Å²) in [5, 5.41) is 8.63. The summed E-state index contributed by atoms with van der Waals surface area (Å²) in [7, 11) is 2.12. The highest BCUT2D eigenvalue weighted by atomic mass is 35.5. The van der Waals surface area contributed by atoms with Crippen molar-refractivity contribution in [1.29, 1.82) is 0 Å². The molecule has 220 valence electrons. The first kappa shape index (κ1) is 28.3. The van der Waals surface area contributed by atoms with Gasteiger partial charge in [-0.25, -0.2) is 4.39 Å². The number of benzene rings is 2. The van der Waals surface area contributed by atoms with Gasteiger partial charge in [0.2, 0.25) is 5.91 Å². The highest BCUT2D eigenvalue weighted by Crippen LogP contribution is 2.42. The predicted molar refractivity (Wildman–Crippen MR) is 163 cm³/mol. The van der Waals surface area contributed by atoms with Gasteiger partial charge >= 0.3 is 6.01 Å². The average molecular weight is 593 g/mol. The number of anilines is 1. The lowest BCUT2D eigenvalue weighted by Crippen LogP contribution is -2.48. The van der Waals surface area contributed by atoms with E-state index in [4.69, 9.17) is 21.3 Å². The van der Waals surface area contributed by atoms with E-state index in [2.05, 4.69) is 38.6 Å². The quantitative estimate of drug-likeness (QED) is 0.325. The van der Waals surface area contributed by atoms with Crippen LogP contribution in [0.5, 0.6) is 6.01 Å². The van der Waals surface area contributed by atoms with Crippen LogP contribution >= 0.6 is 11.6 Å². The summed E-state index contributed by atoms with van der Waals surface area (Å²) in [6, 6.07) is 5.68. The summed E-state index contributed by atoms with van der Waals surface area (Å²) >= 11 is 6.85. The fourth-order valence-corrected chi connectivity index (χ4v) is 6.04. The van der Waals surface area contributed by atoms with Crippen molar-refractivity contribution in [2.24, 2.45) is 0 Å². The number of nitrogens with zero attached hydrogens (tertiary/aromatic N) is 7. The first-order chi connectivity index (χ1) is 20.3. The highest BCUT2D eigenvalue weighted by Gasteiger charge is 2.27. The second-order valence-corrected chi connectivity index (χ2v) is 11.3. The molecule has 1 N–H and O–H groups in total. The van der Waals surface area contributed by atoms with Gasteiger partial charge in [0.05, 0.1) is 16.7 Å². The van der Waals surface area contributed by atoms with Gasteiger partial charge in [0.1, 0.15) is 17.9 Å². The number of aromatic nitrogens is 4. The molecule has 2 aromatic carbocycles. The van der Waals surface area contributed by atoms with Gasteiger partial charge in [0, 0.05) is 80.8 Å². The van der Waals surface area contributed by atoms with Crippen molar-refractivity contribution >= 4 is 45.1 Å². The second-order valence-electron chi connectivity index (χ2n) is 10.9. The number of hydrogen-bond acceptors (Lipinski definition) is 8. The van der Waals surface area contributed by atoms with E-state index in [1.807, 2.05) is 24.0 Å². The van der Waals surface area contributed by atoms with E-state index in [1.165, 1.54) is 6.08 Å². The molecule has 4 aromatic rings. The minimum Gasteiger partial charge on any atom is -0.462 e. The van der Waals surface area contributed by atoms with Gasteiger partial charge in [0.15, 0.2) is 5.82 Å². The SMILES string of the molecule is C=CC(=O)N1CCN(c2nc(OCCN3CCN(C)CC3)nc3c(F)c(-c4c(C)ccc5[nH]ncc45)c(Cl)cc23)CC1. The number of aryl methyl sites for hydroxylation is 1. The predicted octanol–water partition coefficient (Wildman–Crippen LogP) is 3.73. The summed E-state index contributed by atoms with van der Waals surface area (Å²) in [5.41, 5.74) is 2.72. The van der Waals surface area contributed by atoms with E-state index < -0.39 is 5.82 Å². The van der Waals surface area contributed by atoms with E-state index in [0.717, 1.165) is 49.2 Å². The van der Waals surface area contributed by atoms with E-state index in [1.54, 1.807) is 17.2 Å². The first-order valence-corrected chi connectivity index (χ1v) is 14.5. The number of carbonyl (C=O) groups excluding carboxylic acids is 1. The maximum absolute atomic E-state index is 16.7. The molecule has 10 nitrogen and oxygen atoms in total. The van der Waals surface area contributed by atoms with Gasteiger partial charge in [0.25, 0.3) is 0 Å². The van der Waals surface area contributed by atoms with Gasteiger partial charge in [-0.1, -0.05) is 24.2 Å². The lowest BCUT2D eigenvalue weighted by atomic mass is 9.95. The Hall–Kier alpha value is -3.80. The molecule has 0 aliphatic carbocycles. The van der Waals surface area contributed by atoms with Crippen LogP contribution in [0.15, 0.2) is 37.1 Å². The van der Waals surface area contributed by atoms with Crippen LogP contribution in [0.3, 0.4) is 0 Å². The Morgan fingerprint density at radius 1 is 1.10 bits per heavy atom. The fraction of sp³-hybridized carbons (Fsp3) is 0.400. The third-order valence-corrected chi connectivity index (χ3v) is 8.52. The smallest absolute Gasteiger partial charge is 0.319 e. The zero-order valence-corrected chi connectivity index (χ0v) is 24.6. The maximum Gasteiger partial charge on any atom is 0.319 e. The number of fused-ring (bicyclic) bond motifs is 2. The molecule has 0 radical (unpaired) electrons. The Balaban J connectivity index is 1.40. The molecular weight excluding hydrogens is 559 g/mol. The second kappa shape index (κ2) is 11.8. The standard InChI is InChI=1S/C30H34ClFN8O2/c1-4-24(41)39-11-13-40(14-12-39)29-20-17-22(31)26(25-19(2)5-6-23-21(25)18-33-36-23)27(32)28(20)34-30(35-29)42-16-15-38-9-7-37(3)8-10-38/h4-6,17-18H,1,7-16H2,2-3H3,(H,33,36). The van der Waals surface area contributed by atoms with Crippen molar-refractivity contribution in [2.75, 3.05) is 77.5 Å². The summed E-state index contributed by atoms with van der Waals surface area (Å²) in [6.45, 7) is 12.6. The van der Waals surface area contributed by atoms with Gasteiger partial charge in [-0.05, 0) is 37.7 Å². The van der Waals surface area contributed by atoms with Crippen molar-refractivity contribution in [3.05, 3.63) is 53.5 Å². The van der Waals surface area contributed by atoms with Crippen LogP contribution in [0.25, 0.3) is 32.9 Å². The molecule has 2 aromatic heterocycles. The molecule has 2 saturated heterocycles. The average Bonchev–Trinajstić information content (AvgIpc) is 3.48. The molecule has 0 saturated carbocycles. The van der Waals surface area contributed by atoms with E-state index >= 15 is 4.39 Å². The van der Waals surface area contributed by atoms with Crippen LogP contribution in [0.2, 0.25) is 5.02 Å². The minimum atomic E-state index is -0.540. The molecule has 0 bridgehead atoms. The van der Waals surface area contributed by atoms with E-state index in [0.29, 0.717) is 49.6 Å². The van der Waals surface area contributed by atoms with Crippen LogP contribution in [-0.2, 0) is 4.79 Å². The van der Waals surface area contributed by atoms with Crippen molar-refractivity contribution in [3.63, 3.8) is 0 Å². The Morgan fingerprint density at radius 3 is 2.60 bits per heavy atom. The van der Waals surface area contributed by atoms with E-state index in [-0.39, 0.29) is 28.0 Å². The number of hydrogen-bond donors (Lipinski definition) is 1. The van der Waals surface area contributed by atoms with Crippen LogP contribution < -0.4 is 9.64 Å². The molecule has 4 heterocycles. The number of rotatable bonds is 7. The van der Waals surface area contributed by atoms with Gasteiger partial charge in [-0.15, -0.1) is 0 Å². The third kappa shape index (κ3) is 5.39. The molecule has 0 spiro atoms. The minimum absolute atomic E-state index is 0.113.